The normalized spacial score (nSPS) is 10.3. The summed E-state index contributed by atoms with van der Waals surface area (Å²) in [6, 6.07) is 11.9. The summed E-state index contributed by atoms with van der Waals surface area (Å²) in [5.41, 5.74) is 1.48. The Labute approximate surface area is 196 Å². The Kier molecular flexibility index (Phi) is 10.5. The van der Waals surface area contributed by atoms with Crippen molar-refractivity contribution in [1.82, 2.24) is 5.32 Å². The van der Waals surface area contributed by atoms with Crippen molar-refractivity contribution in [2.75, 3.05) is 18.5 Å². The van der Waals surface area contributed by atoms with E-state index >= 15 is 0 Å². The van der Waals surface area contributed by atoms with E-state index in [0.29, 0.717) is 35.8 Å². The highest BCUT2D eigenvalue weighted by Crippen LogP contribution is 2.24. The number of carbonyl (C=O) groups excluding carboxylic acids is 2. The molecule has 166 valence electrons. The van der Waals surface area contributed by atoms with E-state index in [1.807, 2.05) is 6.07 Å². The van der Waals surface area contributed by atoms with Gasteiger partial charge in [-0.1, -0.05) is 42.1 Å². The average molecular weight is 507 g/mol. The Hall–Kier alpha value is -2.45. The molecule has 6 nitrogen and oxygen atoms in total. The van der Waals surface area contributed by atoms with Gasteiger partial charge in [0.05, 0.1) is 24.3 Å². The molecule has 1 amide bonds. The van der Waals surface area contributed by atoms with Gasteiger partial charge in [0.2, 0.25) is 0 Å². The molecule has 0 aliphatic heterocycles. The molecule has 0 saturated carbocycles. The molecule has 0 spiro atoms. The quantitative estimate of drug-likeness (QED) is 0.244. The van der Waals surface area contributed by atoms with Crippen LogP contribution in [0.2, 0.25) is 0 Å². The molecule has 0 atom stereocenters. The highest BCUT2D eigenvalue weighted by atomic mass is 79.9. The Bertz CT molecular complexity index is 903. The van der Waals surface area contributed by atoms with E-state index in [1.165, 1.54) is 0 Å². The molecule has 0 unspecified atom stereocenters. The molecular weight excluding hydrogens is 480 g/mol. The van der Waals surface area contributed by atoms with Gasteiger partial charge in [-0.15, -0.1) is 0 Å². The lowest BCUT2D eigenvalue weighted by Gasteiger charge is -2.14. The Morgan fingerprint density at radius 2 is 1.77 bits per heavy atom. The van der Waals surface area contributed by atoms with E-state index in [4.69, 9.17) is 21.7 Å². The summed E-state index contributed by atoms with van der Waals surface area (Å²) in [4.78, 5) is 24.5. The number of unbranched alkanes of at least 4 members (excludes halogenated alkanes) is 3. The van der Waals surface area contributed by atoms with E-state index in [1.54, 1.807) is 43.3 Å². The Morgan fingerprint density at radius 3 is 2.45 bits per heavy atom. The molecule has 0 fully saturated rings. The maximum absolute atomic E-state index is 12.8. The number of hydrogen-bond acceptors (Lipinski definition) is 5. The van der Waals surface area contributed by atoms with Crippen LogP contribution in [0.5, 0.6) is 5.75 Å². The van der Waals surface area contributed by atoms with Crippen LogP contribution in [0.15, 0.2) is 46.9 Å². The van der Waals surface area contributed by atoms with Crippen LogP contribution in [0.1, 0.15) is 60.2 Å². The van der Waals surface area contributed by atoms with Crippen molar-refractivity contribution in [1.29, 1.82) is 0 Å². The third kappa shape index (κ3) is 8.30. The zero-order valence-corrected chi connectivity index (χ0v) is 20.1. The van der Waals surface area contributed by atoms with E-state index in [9.17, 15) is 9.59 Å². The predicted octanol–water partition coefficient (Wildman–Crippen LogP) is 5.71. The van der Waals surface area contributed by atoms with Crippen LogP contribution >= 0.6 is 28.1 Å². The van der Waals surface area contributed by atoms with Crippen molar-refractivity contribution < 1.29 is 19.1 Å². The number of carbonyl (C=O) groups is 2. The van der Waals surface area contributed by atoms with Crippen LogP contribution in [-0.2, 0) is 4.74 Å². The van der Waals surface area contributed by atoms with Gasteiger partial charge >= 0.3 is 5.97 Å². The SMILES string of the molecule is CCCCCCOc1ccc(Br)cc1C(=O)NC(=S)Nc1ccc(C(=O)OCC)cc1. The van der Waals surface area contributed by atoms with Gasteiger partial charge in [0.15, 0.2) is 5.11 Å². The second-order valence-corrected chi connectivity index (χ2v) is 8.08. The van der Waals surface area contributed by atoms with Crippen molar-refractivity contribution in [2.24, 2.45) is 0 Å². The second kappa shape index (κ2) is 13.1. The standard InChI is InChI=1S/C23H27BrN2O4S/c1-3-5-6-7-14-30-20-13-10-17(24)15-19(20)21(27)26-23(31)25-18-11-8-16(9-12-18)22(28)29-4-2/h8-13,15H,3-7,14H2,1-2H3,(H2,25,26,27,31). The smallest absolute Gasteiger partial charge is 0.338 e. The minimum Gasteiger partial charge on any atom is -0.493 e. The van der Waals surface area contributed by atoms with Crippen LogP contribution in [-0.4, -0.2) is 30.2 Å². The Morgan fingerprint density at radius 1 is 1.03 bits per heavy atom. The van der Waals surface area contributed by atoms with Gasteiger partial charge in [0.25, 0.3) is 5.91 Å². The molecule has 8 heteroatoms. The number of anilines is 1. The second-order valence-electron chi connectivity index (χ2n) is 6.76. The summed E-state index contributed by atoms with van der Waals surface area (Å²) >= 11 is 8.66. The van der Waals surface area contributed by atoms with Gasteiger partial charge in [-0.2, -0.15) is 0 Å². The molecular formula is C23H27BrN2O4S. The topological polar surface area (TPSA) is 76.7 Å². The summed E-state index contributed by atoms with van der Waals surface area (Å²) in [6.45, 7) is 4.78. The van der Waals surface area contributed by atoms with Gasteiger partial charge in [-0.05, 0) is 68.0 Å². The van der Waals surface area contributed by atoms with Crippen LogP contribution in [0, 0.1) is 0 Å². The minimum absolute atomic E-state index is 0.141. The van der Waals surface area contributed by atoms with Crippen molar-refractivity contribution >= 4 is 50.8 Å². The van der Waals surface area contributed by atoms with Crippen LogP contribution in [0.25, 0.3) is 0 Å². The van der Waals surface area contributed by atoms with Crippen molar-refractivity contribution in [3.63, 3.8) is 0 Å². The van der Waals surface area contributed by atoms with Gasteiger partial charge in [-0.25, -0.2) is 4.79 Å². The monoisotopic (exact) mass is 506 g/mol. The lowest BCUT2D eigenvalue weighted by atomic mass is 10.2. The molecule has 0 aliphatic rings. The van der Waals surface area contributed by atoms with Gasteiger partial charge in [0.1, 0.15) is 5.75 Å². The molecule has 2 aromatic carbocycles. The minimum atomic E-state index is -0.387. The summed E-state index contributed by atoms with van der Waals surface area (Å²) in [7, 11) is 0. The average Bonchev–Trinajstić information content (AvgIpc) is 2.75. The predicted molar refractivity (Wildman–Crippen MR) is 130 cm³/mol. The van der Waals surface area contributed by atoms with Crippen LogP contribution in [0.4, 0.5) is 5.69 Å². The molecule has 31 heavy (non-hydrogen) atoms. The maximum Gasteiger partial charge on any atom is 0.338 e. The van der Waals surface area contributed by atoms with E-state index in [0.717, 1.165) is 30.2 Å². The third-order valence-electron chi connectivity index (χ3n) is 4.32. The first-order chi connectivity index (χ1) is 14.9. The molecule has 2 aromatic rings. The zero-order valence-electron chi connectivity index (χ0n) is 17.7. The summed E-state index contributed by atoms with van der Waals surface area (Å²) < 4.78 is 11.6. The lowest BCUT2D eigenvalue weighted by Crippen LogP contribution is -2.34. The number of thiocarbonyl (C=S) groups is 1. The molecule has 2 rings (SSSR count). The number of benzene rings is 2. The number of ether oxygens (including phenoxy) is 2. The fourth-order valence-corrected chi connectivity index (χ4v) is 3.32. The molecule has 2 N–H and O–H groups in total. The number of rotatable bonds is 10. The first-order valence-electron chi connectivity index (χ1n) is 10.3. The number of nitrogens with one attached hydrogen (secondary N) is 2. The third-order valence-corrected chi connectivity index (χ3v) is 5.02. The van der Waals surface area contributed by atoms with E-state index in [-0.39, 0.29) is 17.0 Å². The van der Waals surface area contributed by atoms with Crippen LogP contribution in [0.3, 0.4) is 0 Å². The van der Waals surface area contributed by atoms with Crippen LogP contribution < -0.4 is 15.4 Å². The largest absolute Gasteiger partial charge is 0.493 e. The van der Waals surface area contributed by atoms with E-state index in [2.05, 4.69) is 33.5 Å². The summed E-state index contributed by atoms with van der Waals surface area (Å²) in [6.07, 6.45) is 4.35. The molecule has 0 radical (unpaired) electrons. The molecule has 0 aliphatic carbocycles. The fraction of sp³-hybridized carbons (Fsp3) is 0.348. The molecule has 0 heterocycles. The number of esters is 1. The lowest BCUT2D eigenvalue weighted by molar-refractivity contribution is 0.0526. The van der Waals surface area contributed by atoms with Crippen molar-refractivity contribution in [2.45, 2.75) is 39.5 Å². The zero-order chi connectivity index (χ0) is 22.6. The molecule has 0 saturated heterocycles. The van der Waals surface area contributed by atoms with Crippen molar-refractivity contribution in [3.05, 3.63) is 58.1 Å². The summed E-state index contributed by atoms with van der Waals surface area (Å²) in [5.74, 6) is -0.244. The van der Waals surface area contributed by atoms with Gasteiger partial charge < -0.3 is 14.8 Å². The fourth-order valence-electron chi connectivity index (χ4n) is 2.75. The highest BCUT2D eigenvalue weighted by Gasteiger charge is 2.15. The van der Waals surface area contributed by atoms with Gasteiger partial charge in [0, 0.05) is 10.2 Å². The maximum atomic E-state index is 12.8. The molecule has 0 bridgehead atoms. The first-order valence-corrected chi connectivity index (χ1v) is 11.5. The summed E-state index contributed by atoms with van der Waals surface area (Å²) in [5, 5.41) is 5.75. The number of hydrogen-bond donors (Lipinski definition) is 2. The highest BCUT2D eigenvalue weighted by molar-refractivity contribution is 9.10. The van der Waals surface area contributed by atoms with Crippen molar-refractivity contribution in [3.8, 4) is 5.75 Å². The number of halogens is 1. The number of amides is 1. The first kappa shape index (κ1) is 24.8. The van der Waals surface area contributed by atoms with E-state index < -0.39 is 0 Å². The molecule has 0 aromatic heterocycles. The Balaban J connectivity index is 1.96. The van der Waals surface area contributed by atoms with Gasteiger partial charge in [-0.3, -0.25) is 10.1 Å².